The van der Waals surface area contributed by atoms with Crippen LogP contribution in [-0.4, -0.2) is 19.9 Å². The van der Waals surface area contributed by atoms with Crippen molar-refractivity contribution in [3.05, 3.63) is 97.2 Å². The topological polar surface area (TPSA) is 51.6 Å². The summed E-state index contributed by atoms with van der Waals surface area (Å²) < 4.78 is 14.6. The Morgan fingerprint density at radius 2 is 1.48 bits per heavy atom. The van der Waals surface area contributed by atoms with E-state index in [0.717, 1.165) is 27.9 Å². The Morgan fingerprint density at radius 1 is 0.655 bits per heavy atom. The van der Waals surface area contributed by atoms with Gasteiger partial charge in [-0.3, -0.25) is 9.97 Å². The monoisotopic (exact) mass is 378 g/mol. The summed E-state index contributed by atoms with van der Waals surface area (Å²) in [6, 6.07) is 22.0. The Balaban J connectivity index is 1.69. The molecule has 0 saturated carbocycles. The largest absolute Gasteiger partial charge is 0.255 e. The predicted octanol–water partition coefficient (Wildman–Crippen LogP) is 5.56. The van der Waals surface area contributed by atoms with E-state index in [1.807, 2.05) is 48.5 Å². The van der Waals surface area contributed by atoms with Crippen molar-refractivity contribution in [3.8, 4) is 33.8 Å². The van der Waals surface area contributed by atoms with Crippen molar-refractivity contribution in [1.29, 1.82) is 0 Å². The second kappa shape index (κ2) is 7.20. The first kappa shape index (κ1) is 17.1. The van der Waals surface area contributed by atoms with Gasteiger partial charge in [-0.25, -0.2) is 14.4 Å². The van der Waals surface area contributed by atoms with E-state index in [1.54, 1.807) is 36.8 Å². The number of benzene rings is 1. The van der Waals surface area contributed by atoms with E-state index >= 15 is 0 Å². The van der Waals surface area contributed by atoms with Crippen LogP contribution in [0.2, 0.25) is 0 Å². The fourth-order valence-corrected chi connectivity index (χ4v) is 3.30. The molecule has 5 rings (SSSR count). The maximum Gasteiger partial charge on any atom is 0.159 e. The van der Waals surface area contributed by atoms with Crippen LogP contribution in [0.3, 0.4) is 0 Å². The molecule has 5 aromatic rings. The van der Waals surface area contributed by atoms with Crippen molar-refractivity contribution >= 4 is 11.0 Å². The molecule has 0 aliphatic rings. The molecular formula is C24H15FN4. The second-order valence-electron chi connectivity index (χ2n) is 6.56. The number of rotatable bonds is 3. The molecular weight excluding hydrogens is 363 g/mol. The minimum Gasteiger partial charge on any atom is -0.255 e. The molecule has 0 unspecified atom stereocenters. The quantitative estimate of drug-likeness (QED) is 0.412. The van der Waals surface area contributed by atoms with Crippen LogP contribution in [0.4, 0.5) is 4.39 Å². The maximum atomic E-state index is 14.6. The molecule has 0 N–H and O–H groups in total. The van der Waals surface area contributed by atoms with Crippen molar-refractivity contribution in [3.63, 3.8) is 0 Å². The Bertz CT molecular complexity index is 1300. The van der Waals surface area contributed by atoms with E-state index in [9.17, 15) is 4.39 Å². The third-order valence-electron chi connectivity index (χ3n) is 4.72. The summed E-state index contributed by atoms with van der Waals surface area (Å²) in [7, 11) is 0. The van der Waals surface area contributed by atoms with Gasteiger partial charge in [-0.1, -0.05) is 24.3 Å². The average molecular weight is 378 g/mol. The summed E-state index contributed by atoms with van der Waals surface area (Å²) in [5, 5.41) is 0.886. The summed E-state index contributed by atoms with van der Waals surface area (Å²) in [6.07, 6.45) is 5.19. The fourth-order valence-electron chi connectivity index (χ4n) is 3.30. The van der Waals surface area contributed by atoms with Gasteiger partial charge in [0.1, 0.15) is 5.82 Å². The highest BCUT2D eigenvalue weighted by Gasteiger charge is 2.15. The van der Waals surface area contributed by atoms with Gasteiger partial charge in [0.05, 0.1) is 17.1 Å². The van der Waals surface area contributed by atoms with Gasteiger partial charge in [-0.15, -0.1) is 0 Å². The molecule has 0 aliphatic heterocycles. The normalized spacial score (nSPS) is 10.9. The highest BCUT2D eigenvalue weighted by molar-refractivity contribution is 5.90. The summed E-state index contributed by atoms with van der Waals surface area (Å²) >= 11 is 0. The third kappa shape index (κ3) is 3.23. The highest BCUT2D eigenvalue weighted by Crippen LogP contribution is 2.34. The molecule has 0 amide bonds. The smallest absolute Gasteiger partial charge is 0.159 e. The number of halogens is 1. The molecule has 0 atom stereocenters. The van der Waals surface area contributed by atoms with E-state index in [0.29, 0.717) is 16.9 Å². The van der Waals surface area contributed by atoms with Crippen LogP contribution in [-0.2, 0) is 0 Å². The van der Waals surface area contributed by atoms with Crippen LogP contribution in [0.1, 0.15) is 0 Å². The van der Waals surface area contributed by atoms with Gasteiger partial charge in [0, 0.05) is 40.7 Å². The lowest BCUT2D eigenvalue weighted by Crippen LogP contribution is -1.96. The molecule has 138 valence electrons. The Kier molecular flexibility index (Phi) is 4.26. The lowest BCUT2D eigenvalue weighted by Gasteiger charge is -2.12. The minimum atomic E-state index is -0.324. The first-order valence-electron chi connectivity index (χ1n) is 9.18. The highest BCUT2D eigenvalue weighted by atomic mass is 19.1. The zero-order valence-corrected chi connectivity index (χ0v) is 15.3. The Morgan fingerprint density at radius 3 is 2.28 bits per heavy atom. The predicted molar refractivity (Wildman–Crippen MR) is 111 cm³/mol. The summed E-state index contributed by atoms with van der Waals surface area (Å²) in [6.45, 7) is 0. The SMILES string of the molecule is Fc1ccccc1-c1nc2ncccc2cc1-c1ccc(-c2ccccn2)nc1. The molecule has 0 fully saturated rings. The minimum absolute atomic E-state index is 0.324. The lowest BCUT2D eigenvalue weighted by molar-refractivity contribution is 0.631. The fraction of sp³-hybridized carbons (Fsp3) is 0. The van der Waals surface area contributed by atoms with E-state index in [2.05, 4.69) is 19.9 Å². The molecule has 0 radical (unpaired) electrons. The molecule has 0 aliphatic carbocycles. The van der Waals surface area contributed by atoms with Crippen molar-refractivity contribution in [1.82, 2.24) is 19.9 Å². The molecule has 0 saturated heterocycles. The Hall–Kier alpha value is -3.99. The molecule has 0 bridgehead atoms. The molecule has 4 nitrogen and oxygen atoms in total. The number of pyridine rings is 4. The van der Waals surface area contributed by atoms with Crippen molar-refractivity contribution in [2.45, 2.75) is 0 Å². The van der Waals surface area contributed by atoms with E-state index in [-0.39, 0.29) is 5.82 Å². The second-order valence-corrected chi connectivity index (χ2v) is 6.56. The van der Waals surface area contributed by atoms with Crippen LogP contribution in [0.15, 0.2) is 91.4 Å². The molecule has 1 aromatic carbocycles. The Labute approximate surface area is 166 Å². The number of hydrogen-bond acceptors (Lipinski definition) is 4. The molecule has 4 heterocycles. The van der Waals surface area contributed by atoms with Crippen LogP contribution in [0.25, 0.3) is 44.8 Å². The van der Waals surface area contributed by atoms with Gasteiger partial charge in [-0.2, -0.15) is 0 Å². The van der Waals surface area contributed by atoms with Gasteiger partial charge in [-0.05, 0) is 48.5 Å². The van der Waals surface area contributed by atoms with E-state index in [1.165, 1.54) is 6.07 Å². The average Bonchev–Trinajstić information content (AvgIpc) is 2.79. The zero-order chi connectivity index (χ0) is 19.6. The first-order chi connectivity index (χ1) is 14.3. The van der Waals surface area contributed by atoms with Crippen LogP contribution < -0.4 is 0 Å². The number of hydrogen-bond donors (Lipinski definition) is 0. The van der Waals surface area contributed by atoms with E-state index in [4.69, 9.17) is 0 Å². The molecule has 29 heavy (non-hydrogen) atoms. The van der Waals surface area contributed by atoms with Gasteiger partial charge in [0.2, 0.25) is 0 Å². The summed E-state index contributed by atoms with van der Waals surface area (Å²) in [4.78, 5) is 17.9. The van der Waals surface area contributed by atoms with Crippen molar-refractivity contribution in [2.75, 3.05) is 0 Å². The third-order valence-corrected chi connectivity index (χ3v) is 4.72. The van der Waals surface area contributed by atoms with Crippen LogP contribution in [0, 0.1) is 5.82 Å². The van der Waals surface area contributed by atoms with Crippen LogP contribution in [0.5, 0.6) is 0 Å². The standard InChI is InChI=1S/C24H15FN4/c25-20-8-2-1-7-18(20)23-19(14-16-6-5-13-27-24(16)29-23)17-10-11-22(28-15-17)21-9-3-4-12-26-21/h1-15H. The number of nitrogens with zero attached hydrogens (tertiary/aromatic N) is 4. The van der Waals surface area contributed by atoms with Gasteiger partial charge in [0.25, 0.3) is 0 Å². The van der Waals surface area contributed by atoms with Gasteiger partial charge >= 0.3 is 0 Å². The van der Waals surface area contributed by atoms with Crippen molar-refractivity contribution in [2.24, 2.45) is 0 Å². The van der Waals surface area contributed by atoms with E-state index < -0.39 is 0 Å². The lowest BCUT2D eigenvalue weighted by atomic mass is 9.98. The summed E-state index contributed by atoms with van der Waals surface area (Å²) in [5.41, 5.74) is 4.78. The molecule has 0 spiro atoms. The van der Waals surface area contributed by atoms with Crippen molar-refractivity contribution < 1.29 is 4.39 Å². The number of fused-ring (bicyclic) bond motifs is 1. The summed E-state index contributed by atoms with van der Waals surface area (Å²) in [5.74, 6) is -0.324. The van der Waals surface area contributed by atoms with Crippen LogP contribution >= 0.6 is 0 Å². The number of aromatic nitrogens is 4. The first-order valence-corrected chi connectivity index (χ1v) is 9.18. The zero-order valence-electron chi connectivity index (χ0n) is 15.3. The van der Waals surface area contributed by atoms with Gasteiger partial charge < -0.3 is 0 Å². The molecule has 4 aromatic heterocycles. The molecule has 5 heteroatoms. The maximum absolute atomic E-state index is 14.6. The van der Waals surface area contributed by atoms with Gasteiger partial charge in [0.15, 0.2) is 5.65 Å².